The molecule has 1 unspecified atom stereocenters. The number of nitrogens with zero attached hydrogens (tertiary/aromatic N) is 2. The van der Waals surface area contributed by atoms with Crippen LogP contribution < -0.4 is 4.74 Å². The number of non-ortho nitro benzene ring substituents is 1. The van der Waals surface area contributed by atoms with Gasteiger partial charge >= 0.3 is 0 Å². The molecule has 1 aromatic heterocycles. The van der Waals surface area contributed by atoms with Crippen LogP contribution in [0.2, 0.25) is 0 Å². The zero-order valence-electron chi connectivity index (χ0n) is 17.6. The second-order valence-corrected chi connectivity index (χ2v) is 7.32. The van der Waals surface area contributed by atoms with Crippen LogP contribution in [0.4, 0.5) is 5.69 Å². The van der Waals surface area contributed by atoms with Gasteiger partial charge in [0.15, 0.2) is 0 Å². The Labute approximate surface area is 188 Å². The average Bonchev–Trinajstić information content (AvgIpc) is 3.43. The van der Waals surface area contributed by atoms with Gasteiger partial charge in [0.2, 0.25) is 0 Å². The molecule has 0 spiro atoms. The highest BCUT2D eigenvalue weighted by Gasteiger charge is 2.47. The first-order valence-corrected chi connectivity index (χ1v) is 10.2. The fourth-order valence-electron chi connectivity index (χ4n) is 3.74. The molecule has 9 nitrogen and oxygen atoms in total. The van der Waals surface area contributed by atoms with Gasteiger partial charge in [0, 0.05) is 24.2 Å². The summed E-state index contributed by atoms with van der Waals surface area (Å²) in [6.07, 6.45) is 1.41. The van der Waals surface area contributed by atoms with Gasteiger partial charge in [0.25, 0.3) is 17.4 Å². The van der Waals surface area contributed by atoms with Crippen LogP contribution in [0.25, 0.3) is 5.76 Å². The average molecular weight is 448 g/mol. The quantitative estimate of drug-likeness (QED) is 0.189. The topological polar surface area (TPSA) is 123 Å². The summed E-state index contributed by atoms with van der Waals surface area (Å²) in [5.74, 6) is -1.08. The Kier molecular flexibility index (Phi) is 5.95. The molecule has 168 valence electrons. The first kappa shape index (κ1) is 21.8. The molecule has 1 N–H and O–H groups in total. The lowest BCUT2D eigenvalue weighted by Crippen LogP contribution is -2.29. The summed E-state index contributed by atoms with van der Waals surface area (Å²) in [6, 6.07) is 14.5. The number of furan rings is 1. The van der Waals surface area contributed by atoms with Gasteiger partial charge in [-0.1, -0.05) is 12.1 Å². The highest BCUT2D eigenvalue weighted by Crippen LogP contribution is 2.40. The van der Waals surface area contributed by atoms with Crippen LogP contribution in [-0.2, 0) is 16.1 Å². The van der Waals surface area contributed by atoms with E-state index in [1.54, 1.807) is 36.4 Å². The number of benzene rings is 2. The molecule has 0 radical (unpaired) electrons. The summed E-state index contributed by atoms with van der Waals surface area (Å²) in [4.78, 5) is 37.6. The maximum Gasteiger partial charge on any atom is 0.296 e. The lowest BCUT2D eigenvalue weighted by atomic mass is 9.99. The number of ketones is 1. The maximum absolute atomic E-state index is 13.0. The SMILES string of the molecule is CCOc1ccc(CN2C(=O)C(=O)/C(=C(\O)c3ccc([N+](=O)[O-])cc3)C2c2ccco2)cc1. The van der Waals surface area contributed by atoms with Crippen molar-refractivity contribution in [1.29, 1.82) is 0 Å². The summed E-state index contributed by atoms with van der Waals surface area (Å²) in [6.45, 7) is 2.50. The molecule has 0 aliphatic carbocycles. The molecule has 9 heteroatoms. The van der Waals surface area contributed by atoms with Crippen LogP contribution in [0.1, 0.15) is 29.9 Å². The van der Waals surface area contributed by atoms with Gasteiger partial charge in [-0.05, 0) is 48.9 Å². The van der Waals surface area contributed by atoms with E-state index in [9.17, 15) is 24.8 Å². The van der Waals surface area contributed by atoms with Crippen molar-refractivity contribution < 1.29 is 28.8 Å². The van der Waals surface area contributed by atoms with Gasteiger partial charge in [-0.2, -0.15) is 0 Å². The Morgan fingerprint density at radius 2 is 1.82 bits per heavy atom. The van der Waals surface area contributed by atoms with Crippen LogP contribution in [0.5, 0.6) is 5.75 Å². The summed E-state index contributed by atoms with van der Waals surface area (Å²) in [5, 5.41) is 21.9. The van der Waals surface area contributed by atoms with E-state index in [0.717, 1.165) is 5.56 Å². The minimum atomic E-state index is -0.957. The third-order valence-electron chi connectivity index (χ3n) is 5.29. The van der Waals surface area contributed by atoms with E-state index >= 15 is 0 Å². The van der Waals surface area contributed by atoms with Crippen molar-refractivity contribution in [3.05, 3.63) is 99.5 Å². The van der Waals surface area contributed by atoms with E-state index in [4.69, 9.17) is 9.15 Å². The maximum atomic E-state index is 13.0. The third-order valence-corrected chi connectivity index (χ3v) is 5.29. The summed E-state index contributed by atoms with van der Waals surface area (Å²) < 4.78 is 10.9. The Morgan fingerprint density at radius 3 is 2.39 bits per heavy atom. The van der Waals surface area contributed by atoms with Crippen molar-refractivity contribution >= 4 is 23.1 Å². The van der Waals surface area contributed by atoms with Gasteiger partial charge in [0.1, 0.15) is 23.3 Å². The molecule has 2 heterocycles. The van der Waals surface area contributed by atoms with E-state index in [0.29, 0.717) is 18.1 Å². The lowest BCUT2D eigenvalue weighted by Gasteiger charge is -2.23. The fourth-order valence-corrected chi connectivity index (χ4v) is 3.74. The Morgan fingerprint density at radius 1 is 1.12 bits per heavy atom. The first-order valence-electron chi connectivity index (χ1n) is 10.2. The molecular formula is C24H20N2O7. The van der Waals surface area contributed by atoms with Crippen molar-refractivity contribution in [2.24, 2.45) is 0 Å². The second kappa shape index (κ2) is 8.99. The molecule has 1 aliphatic heterocycles. The number of ether oxygens (including phenoxy) is 1. The molecule has 1 aliphatic rings. The number of carbonyl (C=O) groups excluding carboxylic acids is 2. The number of aliphatic hydroxyl groups excluding tert-OH is 1. The number of rotatable bonds is 7. The highest BCUT2D eigenvalue weighted by molar-refractivity contribution is 6.46. The van der Waals surface area contributed by atoms with Crippen molar-refractivity contribution in [1.82, 2.24) is 4.90 Å². The van der Waals surface area contributed by atoms with Crippen molar-refractivity contribution in [3.63, 3.8) is 0 Å². The normalized spacial score (nSPS) is 17.4. The molecular weight excluding hydrogens is 428 g/mol. The van der Waals surface area contributed by atoms with Crippen LogP contribution in [0.3, 0.4) is 0 Å². The molecule has 2 aromatic carbocycles. The zero-order valence-corrected chi connectivity index (χ0v) is 17.6. The summed E-state index contributed by atoms with van der Waals surface area (Å²) in [7, 11) is 0. The summed E-state index contributed by atoms with van der Waals surface area (Å²) in [5.41, 5.74) is 0.628. The smallest absolute Gasteiger partial charge is 0.296 e. The van der Waals surface area contributed by atoms with E-state index in [2.05, 4.69) is 0 Å². The number of nitro benzene ring substituents is 1. The molecule has 0 bridgehead atoms. The van der Waals surface area contributed by atoms with Crippen LogP contribution in [0, 0.1) is 10.1 Å². The van der Waals surface area contributed by atoms with Crippen LogP contribution in [0.15, 0.2) is 76.9 Å². The molecule has 1 atom stereocenters. The Hall–Kier alpha value is -4.40. The number of aliphatic hydroxyl groups is 1. The number of Topliss-reactive ketones (excluding diaryl/α,β-unsaturated/α-hetero) is 1. The number of carbonyl (C=O) groups is 2. The predicted octanol–water partition coefficient (Wildman–Crippen LogP) is 4.21. The fraction of sp³-hybridized carbons (Fsp3) is 0.167. The van der Waals surface area contributed by atoms with Gasteiger partial charge in [-0.3, -0.25) is 19.7 Å². The van der Waals surface area contributed by atoms with Crippen molar-refractivity contribution in [2.75, 3.05) is 6.61 Å². The molecule has 33 heavy (non-hydrogen) atoms. The van der Waals surface area contributed by atoms with Crippen molar-refractivity contribution in [3.8, 4) is 5.75 Å². The minimum Gasteiger partial charge on any atom is -0.507 e. The molecule has 3 aromatic rings. The number of hydrogen-bond donors (Lipinski definition) is 1. The zero-order chi connectivity index (χ0) is 23.5. The van der Waals surface area contributed by atoms with Gasteiger partial charge in [0.05, 0.1) is 23.4 Å². The third kappa shape index (κ3) is 4.20. The predicted molar refractivity (Wildman–Crippen MR) is 117 cm³/mol. The molecule has 1 amide bonds. The van der Waals surface area contributed by atoms with Gasteiger partial charge in [-0.15, -0.1) is 0 Å². The number of likely N-dealkylation sites (tertiary alicyclic amines) is 1. The monoisotopic (exact) mass is 448 g/mol. The van der Waals surface area contributed by atoms with E-state index < -0.39 is 28.4 Å². The van der Waals surface area contributed by atoms with E-state index in [-0.39, 0.29) is 23.4 Å². The second-order valence-electron chi connectivity index (χ2n) is 7.32. The van der Waals surface area contributed by atoms with Crippen LogP contribution in [-0.4, -0.2) is 33.2 Å². The number of nitro groups is 1. The molecule has 4 rings (SSSR count). The van der Waals surface area contributed by atoms with Crippen molar-refractivity contribution in [2.45, 2.75) is 19.5 Å². The number of amides is 1. The molecule has 1 fully saturated rings. The lowest BCUT2D eigenvalue weighted by molar-refractivity contribution is -0.384. The standard InChI is InChI=1S/C24H20N2O7/c1-2-32-18-11-5-15(6-12-18)14-25-21(19-4-3-13-33-19)20(23(28)24(25)29)22(27)16-7-9-17(10-8-16)26(30)31/h3-13,21,27H,2,14H2,1H3/b22-20-. The summed E-state index contributed by atoms with van der Waals surface area (Å²) >= 11 is 0. The van der Waals surface area contributed by atoms with Gasteiger partial charge in [-0.25, -0.2) is 0 Å². The Balaban J connectivity index is 1.74. The number of hydrogen-bond acceptors (Lipinski definition) is 7. The van der Waals surface area contributed by atoms with Gasteiger partial charge < -0.3 is 19.2 Å². The minimum absolute atomic E-state index is 0.0966. The molecule has 1 saturated heterocycles. The molecule has 0 saturated carbocycles. The first-order chi connectivity index (χ1) is 15.9. The Bertz CT molecular complexity index is 1210. The largest absolute Gasteiger partial charge is 0.507 e. The van der Waals surface area contributed by atoms with E-state index in [1.165, 1.54) is 35.4 Å². The van der Waals surface area contributed by atoms with Crippen LogP contribution >= 0.6 is 0 Å². The highest BCUT2D eigenvalue weighted by atomic mass is 16.6. The van der Waals surface area contributed by atoms with E-state index in [1.807, 2.05) is 6.92 Å².